The number of rotatable bonds is 2. The second-order valence-electron chi connectivity index (χ2n) is 4.99. The number of aryl methyl sites for hydroxylation is 1. The van der Waals surface area contributed by atoms with Gasteiger partial charge in [0.05, 0.1) is 0 Å². The molecule has 0 aliphatic rings. The molecule has 104 valence electrons. The topological polar surface area (TPSA) is 17.1 Å². The summed E-state index contributed by atoms with van der Waals surface area (Å²) >= 11 is 3.43. The van der Waals surface area contributed by atoms with Gasteiger partial charge in [-0.2, -0.15) is 0 Å². The van der Waals surface area contributed by atoms with Gasteiger partial charge in [0.25, 0.3) is 0 Å². The maximum absolute atomic E-state index is 13.1. The van der Waals surface area contributed by atoms with Gasteiger partial charge in [0, 0.05) is 15.6 Å². The van der Waals surface area contributed by atoms with Crippen LogP contribution in [0.4, 0.5) is 4.39 Å². The van der Waals surface area contributed by atoms with Gasteiger partial charge < -0.3 is 0 Å². The minimum Gasteiger partial charge on any atom is -0.289 e. The molecule has 0 N–H and O–H groups in total. The molecule has 0 aliphatic heterocycles. The number of hydrogen-bond acceptors (Lipinski definition) is 1. The molecule has 0 fully saturated rings. The van der Waals surface area contributed by atoms with Gasteiger partial charge in [-0.3, -0.25) is 4.79 Å². The molecule has 0 atom stereocenters. The SMILES string of the molecule is Cc1cc(F)ccc1C(=O)c1ccc2cc(Br)ccc2c1. The molecule has 0 heterocycles. The Morgan fingerprint density at radius 3 is 2.43 bits per heavy atom. The van der Waals surface area contributed by atoms with E-state index in [-0.39, 0.29) is 11.6 Å². The predicted octanol–water partition coefficient (Wildman–Crippen LogP) is 5.28. The summed E-state index contributed by atoms with van der Waals surface area (Å²) in [5, 5.41) is 2.07. The second kappa shape index (κ2) is 5.41. The zero-order valence-corrected chi connectivity index (χ0v) is 12.9. The van der Waals surface area contributed by atoms with E-state index in [9.17, 15) is 9.18 Å². The van der Waals surface area contributed by atoms with Crippen LogP contribution in [0.25, 0.3) is 10.8 Å². The highest BCUT2D eigenvalue weighted by Gasteiger charge is 2.12. The number of carbonyl (C=O) groups excluding carboxylic acids is 1. The second-order valence-corrected chi connectivity index (χ2v) is 5.91. The molecule has 0 aromatic heterocycles. The molecular formula is C18H12BrFO. The van der Waals surface area contributed by atoms with E-state index in [0.717, 1.165) is 15.2 Å². The van der Waals surface area contributed by atoms with Gasteiger partial charge in [0.1, 0.15) is 5.82 Å². The molecule has 3 heteroatoms. The van der Waals surface area contributed by atoms with E-state index in [0.29, 0.717) is 16.7 Å². The summed E-state index contributed by atoms with van der Waals surface area (Å²) in [4.78, 5) is 12.6. The number of fused-ring (bicyclic) bond motifs is 1. The highest BCUT2D eigenvalue weighted by atomic mass is 79.9. The maximum atomic E-state index is 13.1. The molecule has 0 radical (unpaired) electrons. The minimum atomic E-state index is -0.326. The molecule has 0 saturated carbocycles. The Morgan fingerprint density at radius 1 is 0.952 bits per heavy atom. The maximum Gasteiger partial charge on any atom is 0.193 e. The van der Waals surface area contributed by atoms with E-state index < -0.39 is 0 Å². The predicted molar refractivity (Wildman–Crippen MR) is 86.2 cm³/mol. The Kier molecular flexibility index (Phi) is 3.60. The number of hydrogen-bond donors (Lipinski definition) is 0. The van der Waals surface area contributed by atoms with Gasteiger partial charge in [-0.1, -0.05) is 34.1 Å². The lowest BCUT2D eigenvalue weighted by Gasteiger charge is -2.07. The Balaban J connectivity index is 2.07. The first-order valence-corrected chi connectivity index (χ1v) is 7.34. The lowest BCUT2D eigenvalue weighted by atomic mass is 9.97. The minimum absolute atomic E-state index is 0.0858. The first-order valence-electron chi connectivity index (χ1n) is 6.55. The van der Waals surface area contributed by atoms with Crippen molar-refractivity contribution in [2.45, 2.75) is 6.92 Å². The van der Waals surface area contributed by atoms with Crippen molar-refractivity contribution in [3.8, 4) is 0 Å². The third kappa shape index (κ3) is 2.74. The van der Waals surface area contributed by atoms with Crippen LogP contribution >= 0.6 is 15.9 Å². The van der Waals surface area contributed by atoms with Crippen LogP contribution in [0.2, 0.25) is 0 Å². The third-order valence-corrected chi connectivity index (χ3v) is 3.99. The van der Waals surface area contributed by atoms with Crippen LogP contribution < -0.4 is 0 Å². The lowest BCUT2D eigenvalue weighted by Crippen LogP contribution is -2.04. The normalized spacial score (nSPS) is 10.8. The molecule has 3 aromatic rings. The summed E-state index contributed by atoms with van der Waals surface area (Å²) < 4.78 is 14.1. The van der Waals surface area contributed by atoms with Crippen molar-refractivity contribution >= 4 is 32.5 Å². The van der Waals surface area contributed by atoms with Crippen LogP contribution in [0.3, 0.4) is 0 Å². The zero-order valence-electron chi connectivity index (χ0n) is 11.4. The van der Waals surface area contributed by atoms with E-state index in [2.05, 4.69) is 15.9 Å². The molecule has 21 heavy (non-hydrogen) atoms. The summed E-state index contributed by atoms with van der Waals surface area (Å²) in [5.41, 5.74) is 1.79. The molecule has 0 unspecified atom stereocenters. The molecule has 0 bridgehead atoms. The largest absolute Gasteiger partial charge is 0.289 e. The highest BCUT2D eigenvalue weighted by Crippen LogP contribution is 2.23. The molecule has 1 nitrogen and oxygen atoms in total. The van der Waals surface area contributed by atoms with Crippen molar-refractivity contribution < 1.29 is 9.18 Å². The molecular weight excluding hydrogens is 331 g/mol. The van der Waals surface area contributed by atoms with E-state index in [1.165, 1.54) is 12.1 Å². The summed E-state index contributed by atoms with van der Waals surface area (Å²) in [7, 11) is 0. The van der Waals surface area contributed by atoms with Crippen LogP contribution in [-0.4, -0.2) is 5.78 Å². The number of ketones is 1. The van der Waals surface area contributed by atoms with Gasteiger partial charge in [0.2, 0.25) is 0 Å². The fraction of sp³-hybridized carbons (Fsp3) is 0.0556. The molecule has 0 amide bonds. The van der Waals surface area contributed by atoms with Crippen LogP contribution in [0.1, 0.15) is 21.5 Å². The Labute approximate surface area is 130 Å². The van der Waals surface area contributed by atoms with Crippen molar-refractivity contribution in [3.63, 3.8) is 0 Å². The van der Waals surface area contributed by atoms with Gasteiger partial charge in [0.15, 0.2) is 5.78 Å². The van der Waals surface area contributed by atoms with Crippen molar-refractivity contribution in [1.82, 2.24) is 0 Å². The summed E-state index contributed by atoms with van der Waals surface area (Å²) in [5.74, 6) is -0.412. The number of benzene rings is 3. The van der Waals surface area contributed by atoms with Crippen LogP contribution in [0, 0.1) is 12.7 Å². The van der Waals surface area contributed by atoms with Gasteiger partial charge in [-0.25, -0.2) is 4.39 Å². The Morgan fingerprint density at radius 2 is 1.67 bits per heavy atom. The summed E-state index contributed by atoms with van der Waals surface area (Å²) in [6, 6.07) is 15.8. The van der Waals surface area contributed by atoms with Crippen molar-refractivity contribution in [3.05, 3.63) is 81.6 Å². The average molecular weight is 343 g/mol. The van der Waals surface area contributed by atoms with E-state index in [4.69, 9.17) is 0 Å². The van der Waals surface area contributed by atoms with Gasteiger partial charge in [-0.05, 0) is 59.7 Å². The van der Waals surface area contributed by atoms with Crippen molar-refractivity contribution in [2.75, 3.05) is 0 Å². The summed E-state index contributed by atoms with van der Waals surface area (Å²) in [6.45, 7) is 1.74. The third-order valence-electron chi connectivity index (χ3n) is 3.50. The van der Waals surface area contributed by atoms with Crippen LogP contribution in [0.15, 0.2) is 59.1 Å². The van der Waals surface area contributed by atoms with E-state index in [1.807, 2.05) is 30.3 Å². The van der Waals surface area contributed by atoms with Gasteiger partial charge in [-0.15, -0.1) is 0 Å². The molecule has 0 aliphatic carbocycles. The average Bonchev–Trinajstić information content (AvgIpc) is 2.46. The number of halogens is 2. The quantitative estimate of drug-likeness (QED) is 0.579. The Bertz CT molecular complexity index is 855. The molecule has 0 spiro atoms. The highest BCUT2D eigenvalue weighted by molar-refractivity contribution is 9.10. The van der Waals surface area contributed by atoms with Crippen LogP contribution in [-0.2, 0) is 0 Å². The van der Waals surface area contributed by atoms with E-state index in [1.54, 1.807) is 19.1 Å². The monoisotopic (exact) mass is 342 g/mol. The van der Waals surface area contributed by atoms with Gasteiger partial charge >= 0.3 is 0 Å². The first kappa shape index (κ1) is 14.0. The standard InChI is InChI=1S/C18H12BrFO/c1-11-8-16(20)6-7-17(11)18(21)14-3-2-13-10-15(19)5-4-12(13)9-14/h2-10H,1H3. The first-order chi connectivity index (χ1) is 10.0. The molecule has 3 rings (SSSR count). The zero-order chi connectivity index (χ0) is 15.0. The van der Waals surface area contributed by atoms with Crippen molar-refractivity contribution in [1.29, 1.82) is 0 Å². The molecule has 0 saturated heterocycles. The number of carbonyl (C=O) groups is 1. The lowest BCUT2D eigenvalue weighted by molar-refractivity contribution is 0.103. The fourth-order valence-corrected chi connectivity index (χ4v) is 2.77. The summed E-state index contributed by atoms with van der Waals surface area (Å²) in [6.07, 6.45) is 0. The van der Waals surface area contributed by atoms with Crippen molar-refractivity contribution in [2.24, 2.45) is 0 Å². The fourth-order valence-electron chi connectivity index (χ4n) is 2.40. The Hall–Kier alpha value is -2.00. The smallest absolute Gasteiger partial charge is 0.193 e. The van der Waals surface area contributed by atoms with Crippen LogP contribution in [0.5, 0.6) is 0 Å². The van der Waals surface area contributed by atoms with E-state index >= 15 is 0 Å². The molecule has 3 aromatic carbocycles.